The Morgan fingerprint density at radius 2 is 1.10 bits per heavy atom. The molecule has 0 aromatic carbocycles. The third-order valence-corrected chi connectivity index (χ3v) is 3.44. The lowest BCUT2D eigenvalue weighted by Crippen LogP contribution is -2.36. The molecular weight excluding hydrogens is 398 g/mol. The molecule has 1 amide bonds. The summed E-state index contributed by atoms with van der Waals surface area (Å²) in [6.07, 6.45) is -0.122. The van der Waals surface area contributed by atoms with Crippen LogP contribution in [0.25, 0.3) is 0 Å². The highest BCUT2D eigenvalue weighted by molar-refractivity contribution is 5.69. The van der Waals surface area contributed by atoms with E-state index in [1.165, 1.54) is 12.0 Å². The summed E-state index contributed by atoms with van der Waals surface area (Å²) >= 11 is 0. The van der Waals surface area contributed by atoms with Gasteiger partial charge in [0.1, 0.15) is 5.60 Å². The van der Waals surface area contributed by atoms with Gasteiger partial charge in [0, 0.05) is 13.6 Å². The number of hydrogen-bond acceptors (Lipinski definition) is 9. The SMILES string of the molecule is COC(=O)CCOCCOCCOCCOCCOCCN(C)C(=O)OC(C)(C)C. The van der Waals surface area contributed by atoms with Crippen molar-refractivity contribution in [3.05, 3.63) is 0 Å². The van der Waals surface area contributed by atoms with Crippen LogP contribution in [0.2, 0.25) is 0 Å². The van der Waals surface area contributed by atoms with E-state index in [1.807, 2.05) is 20.8 Å². The van der Waals surface area contributed by atoms with Crippen LogP contribution in [-0.4, -0.2) is 109 Å². The highest BCUT2D eigenvalue weighted by Crippen LogP contribution is 2.08. The van der Waals surface area contributed by atoms with Crippen molar-refractivity contribution < 1.29 is 42.7 Å². The zero-order valence-electron chi connectivity index (χ0n) is 19.1. The molecule has 0 N–H and O–H groups in total. The molecule has 0 saturated heterocycles. The van der Waals surface area contributed by atoms with Crippen molar-refractivity contribution in [3.8, 4) is 0 Å². The predicted molar refractivity (Wildman–Crippen MR) is 110 cm³/mol. The number of carbonyl (C=O) groups is 2. The molecule has 0 spiro atoms. The average Bonchev–Trinajstić information content (AvgIpc) is 2.68. The summed E-state index contributed by atoms with van der Waals surface area (Å²) in [5.41, 5.74) is -0.505. The maximum Gasteiger partial charge on any atom is 0.410 e. The molecule has 10 nitrogen and oxygen atoms in total. The van der Waals surface area contributed by atoms with Crippen LogP contribution in [0.4, 0.5) is 4.79 Å². The average molecular weight is 438 g/mol. The number of rotatable bonds is 18. The van der Waals surface area contributed by atoms with Crippen LogP contribution in [0.15, 0.2) is 0 Å². The van der Waals surface area contributed by atoms with Gasteiger partial charge in [-0.25, -0.2) is 4.79 Å². The van der Waals surface area contributed by atoms with Gasteiger partial charge in [-0.3, -0.25) is 4.79 Å². The second kappa shape index (κ2) is 18.3. The van der Waals surface area contributed by atoms with E-state index in [1.54, 1.807) is 7.05 Å². The van der Waals surface area contributed by atoms with Crippen LogP contribution < -0.4 is 0 Å². The van der Waals surface area contributed by atoms with E-state index in [9.17, 15) is 9.59 Å². The summed E-state index contributed by atoms with van der Waals surface area (Å²) in [6, 6.07) is 0. The van der Waals surface area contributed by atoms with Gasteiger partial charge in [-0.2, -0.15) is 0 Å². The molecule has 0 unspecified atom stereocenters. The topological polar surface area (TPSA) is 102 Å². The first-order valence-corrected chi connectivity index (χ1v) is 10.2. The van der Waals surface area contributed by atoms with Crippen LogP contribution in [0, 0.1) is 0 Å². The minimum absolute atomic E-state index is 0.244. The molecule has 30 heavy (non-hydrogen) atoms. The third kappa shape index (κ3) is 19.8. The Kier molecular flexibility index (Phi) is 17.4. The van der Waals surface area contributed by atoms with E-state index in [2.05, 4.69) is 4.74 Å². The van der Waals surface area contributed by atoms with Gasteiger partial charge in [-0.15, -0.1) is 0 Å². The number of ether oxygens (including phenoxy) is 7. The van der Waals surface area contributed by atoms with Crippen LogP contribution in [0.5, 0.6) is 0 Å². The molecule has 0 bridgehead atoms. The lowest BCUT2D eigenvalue weighted by atomic mass is 10.2. The van der Waals surface area contributed by atoms with E-state index >= 15 is 0 Å². The first-order chi connectivity index (χ1) is 14.3. The minimum Gasteiger partial charge on any atom is -0.469 e. The highest BCUT2D eigenvalue weighted by Gasteiger charge is 2.19. The number of likely N-dealkylation sites (N-methyl/N-ethyl adjacent to an activating group) is 1. The molecular formula is C20H39NO9. The fourth-order valence-electron chi connectivity index (χ4n) is 1.87. The molecule has 0 aromatic rings. The third-order valence-electron chi connectivity index (χ3n) is 3.44. The van der Waals surface area contributed by atoms with E-state index in [0.29, 0.717) is 72.6 Å². The van der Waals surface area contributed by atoms with Crippen molar-refractivity contribution >= 4 is 12.1 Å². The molecule has 0 fully saturated rings. The number of carbonyl (C=O) groups excluding carboxylic acids is 2. The van der Waals surface area contributed by atoms with Gasteiger partial charge >= 0.3 is 12.1 Å². The summed E-state index contributed by atoms with van der Waals surface area (Å²) in [6.45, 7) is 10.3. The molecule has 0 rings (SSSR count). The fraction of sp³-hybridized carbons (Fsp3) is 0.900. The lowest BCUT2D eigenvalue weighted by Gasteiger charge is -2.24. The monoisotopic (exact) mass is 437 g/mol. The number of esters is 1. The summed E-state index contributed by atoms with van der Waals surface area (Å²) < 4.78 is 36.5. The molecule has 0 saturated carbocycles. The first-order valence-electron chi connectivity index (χ1n) is 10.2. The first kappa shape index (κ1) is 28.5. The van der Waals surface area contributed by atoms with E-state index in [-0.39, 0.29) is 18.5 Å². The second-order valence-electron chi connectivity index (χ2n) is 7.29. The maximum atomic E-state index is 11.8. The summed E-state index contributed by atoms with van der Waals surface area (Å²) in [5.74, 6) is -0.288. The van der Waals surface area contributed by atoms with Crippen molar-refractivity contribution in [2.24, 2.45) is 0 Å². The van der Waals surface area contributed by atoms with Crippen LogP contribution in [-0.2, 0) is 38.0 Å². The van der Waals surface area contributed by atoms with E-state index < -0.39 is 5.60 Å². The standard InChI is InChI=1S/C20H39NO9/c1-20(2,3)30-19(23)21(4)7-9-26-11-13-28-15-17-29-16-14-27-12-10-25-8-6-18(22)24-5/h6-17H2,1-5H3. The van der Waals surface area contributed by atoms with Crippen LogP contribution >= 0.6 is 0 Å². The van der Waals surface area contributed by atoms with Crippen molar-refractivity contribution in [2.45, 2.75) is 32.8 Å². The van der Waals surface area contributed by atoms with Gasteiger partial charge in [0.25, 0.3) is 0 Å². The fourth-order valence-corrected chi connectivity index (χ4v) is 1.87. The van der Waals surface area contributed by atoms with Gasteiger partial charge in [0.2, 0.25) is 0 Å². The van der Waals surface area contributed by atoms with Gasteiger partial charge in [0.15, 0.2) is 0 Å². The molecule has 0 radical (unpaired) electrons. The molecule has 0 aromatic heterocycles. The summed E-state index contributed by atoms with van der Waals surface area (Å²) in [4.78, 5) is 24.1. The van der Waals surface area contributed by atoms with Crippen LogP contribution in [0.3, 0.4) is 0 Å². The highest BCUT2D eigenvalue weighted by atomic mass is 16.6. The Balaban J connectivity index is 3.26. The van der Waals surface area contributed by atoms with Crippen molar-refractivity contribution in [3.63, 3.8) is 0 Å². The van der Waals surface area contributed by atoms with Gasteiger partial charge in [-0.05, 0) is 20.8 Å². The Hall–Kier alpha value is -1.46. The molecule has 0 atom stereocenters. The van der Waals surface area contributed by atoms with Crippen molar-refractivity contribution in [1.82, 2.24) is 4.90 Å². The number of hydrogen-bond donors (Lipinski definition) is 0. The smallest absolute Gasteiger partial charge is 0.410 e. The Morgan fingerprint density at radius 3 is 1.50 bits per heavy atom. The summed E-state index contributed by atoms with van der Waals surface area (Å²) in [7, 11) is 3.02. The van der Waals surface area contributed by atoms with Gasteiger partial charge in [-0.1, -0.05) is 0 Å². The second-order valence-corrected chi connectivity index (χ2v) is 7.29. The molecule has 178 valence electrons. The molecule has 0 aliphatic carbocycles. The lowest BCUT2D eigenvalue weighted by molar-refractivity contribution is -0.141. The largest absolute Gasteiger partial charge is 0.469 e. The Bertz CT molecular complexity index is 440. The quantitative estimate of drug-likeness (QED) is 0.233. The van der Waals surface area contributed by atoms with Crippen LogP contribution in [0.1, 0.15) is 27.2 Å². The van der Waals surface area contributed by atoms with Gasteiger partial charge in [0.05, 0.1) is 79.6 Å². The molecule has 0 aliphatic rings. The summed E-state index contributed by atoms with van der Waals surface area (Å²) in [5, 5.41) is 0. The minimum atomic E-state index is -0.505. The van der Waals surface area contributed by atoms with E-state index in [4.69, 9.17) is 28.4 Å². The Morgan fingerprint density at radius 1 is 0.700 bits per heavy atom. The molecule has 10 heteroatoms. The maximum absolute atomic E-state index is 11.8. The molecule has 0 heterocycles. The molecule has 0 aliphatic heterocycles. The number of amides is 1. The number of methoxy groups -OCH3 is 1. The van der Waals surface area contributed by atoms with Gasteiger partial charge < -0.3 is 38.1 Å². The zero-order chi connectivity index (χ0) is 22.7. The van der Waals surface area contributed by atoms with Crippen molar-refractivity contribution in [2.75, 3.05) is 86.8 Å². The zero-order valence-corrected chi connectivity index (χ0v) is 19.1. The van der Waals surface area contributed by atoms with E-state index in [0.717, 1.165) is 0 Å². The number of nitrogens with zero attached hydrogens (tertiary/aromatic N) is 1. The predicted octanol–water partition coefficient (Wildman–Crippen LogP) is 1.50. The van der Waals surface area contributed by atoms with Crippen molar-refractivity contribution in [1.29, 1.82) is 0 Å². The Labute approximate surface area is 180 Å². The normalized spacial score (nSPS) is 11.4.